The molecule has 0 saturated carbocycles. The van der Waals surface area contributed by atoms with Crippen LogP contribution in [-0.2, 0) is 0 Å². The maximum atomic E-state index is 6.38. The van der Waals surface area contributed by atoms with E-state index in [0.717, 1.165) is 121 Å². The highest BCUT2D eigenvalue weighted by atomic mass is 16.3. The molecule has 0 amide bonds. The Kier molecular flexibility index (Phi) is 14.1. The largest absolute Gasteiger partial charge is 0.456 e. The fraction of sp³-hybridized carbons (Fsp3) is 0. The first kappa shape index (κ1) is 60.4. The molecule has 8 nitrogen and oxygen atoms in total. The molecule has 4 heterocycles. The predicted molar refractivity (Wildman–Crippen MR) is 438 cm³/mol. The van der Waals surface area contributed by atoms with Crippen molar-refractivity contribution in [1.82, 2.24) is 29.9 Å². The van der Waals surface area contributed by atoms with Crippen LogP contribution in [0, 0.1) is 0 Å². The lowest BCUT2D eigenvalue weighted by Gasteiger charge is -2.13. The lowest BCUT2D eigenvalue weighted by Crippen LogP contribution is -2.01. The SMILES string of the molecule is c1ccc2cc(-c3nc(-c4ccc(-c5cccc6oc7cc8ccccc8cc7c56)cc4)nc(-c4cc5ccccc5c5ccccc45)n3)ccc2c1.c1ccc2cc(-c3nc(-c4ccc(-c5cccc6oc7cc8ccccc8cc7c56)cc4)nc(-c4ccc5ccc6ccccc6c5c4)n3)ccc2c1. The topological polar surface area (TPSA) is 104 Å². The van der Waals surface area contributed by atoms with Crippen LogP contribution in [0.4, 0.5) is 0 Å². The fourth-order valence-electron chi connectivity index (χ4n) is 15.7. The number of nitrogens with zero attached hydrogens (tertiary/aromatic N) is 6. The van der Waals surface area contributed by atoms with Crippen molar-refractivity contribution in [2.45, 2.75) is 0 Å². The first-order valence-corrected chi connectivity index (χ1v) is 35.7. The molecule has 22 rings (SSSR count). The Morgan fingerprint density at radius 3 is 0.953 bits per heavy atom. The Bertz CT molecular complexity index is 7330. The van der Waals surface area contributed by atoms with Crippen molar-refractivity contribution in [3.8, 4) is 90.6 Å². The molecule has 0 spiro atoms. The van der Waals surface area contributed by atoms with Crippen LogP contribution in [0.1, 0.15) is 0 Å². The van der Waals surface area contributed by atoms with Gasteiger partial charge < -0.3 is 8.83 Å². The summed E-state index contributed by atoms with van der Waals surface area (Å²) in [4.78, 5) is 30.8. The molecule has 106 heavy (non-hydrogen) atoms. The molecule has 8 heteroatoms. The monoisotopic (exact) mass is 1350 g/mol. The highest BCUT2D eigenvalue weighted by Crippen LogP contribution is 2.43. The minimum Gasteiger partial charge on any atom is -0.456 e. The van der Waals surface area contributed by atoms with Gasteiger partial charge in [0.2, 0.25) is 0 Å². The van der Waals surface area contributed by atoms with Gasteiger partial charge in [-0.25, -0.2) is 29.9 Å². The second-order valence-electron chi connectivity index (χ2n) is 27.3. The van der Waals surface area contributed by atoms with Crippen LogP contribution in [-0.4, -0.2) is 29.9 Å². The van der Waals surface area contributed by atoms with Crippen molar-refractivity contribution in [1.29, 1.82) is 0 Å². The molecular formula is C98H58N6O2. The summed E-state index contributed by atoms with van der Waals surface area (Å²) in [5.74, 6) is 3.81. The van der Waals surface area contributed by atoms with Crippen molar-refractivity contribution in [3.05, 3.63) is 352 Å². The number of fused-ring (bicyclic) bond motifs is 16. The van der Waals surface area contributed by atoms with Gasteiger partial charge >= 0.3 is 0 Å². The summed E-state index contributed by atoms with van der Waals surface area (Å²) < 4.78 is 12.8. The van der Waals surface area contributed by atoms with Crippen LogP contribution < -0.4 is 0 Å². The van der Waals surface area contributed by atoms with E-state index in [0.29, 0.717) is 34.9 Å². The van der Waals surface area contributed by atoms with Crippen LogP contribution in [0.15, 0.2) is 361 Å². The summed E-state index contributed by atoms with van der Waals surface area (Å²) in [5, 5.41) is 23.2. The van der Waals surface area contributed by atoms with Gasteiger partial charge in [-0.2, -0.15) is 0 Å². The van der Waals surface area contributed by atoms with Gasteiger partial charge in [0.25, 0.3) is 0 Å². The third-order valence-corrected chi connectivity index (χ3v) is 20.9. The normalized spacial score (nSPS) is 11.8. The third kappa shape index (κ3) is 10.5. The van der Waals surface area contributed by atoms with E-state index in [1.165, 1.54) is 64.6 Å². The summed E-state index contributed by atoms with van der Waals surface area (Å²) in [5.41, 5.74) is 13.6. The van der Waals surface area contributed by atoms with Gasteiger partial charge in [0.05, 0.1) is 0 Å². The highest BCUT2D eigenvalue weighted by Gasteiger charge is 2.21. The number of aromatic nitrogens is 6. The summed E-state index contributed by atoms with van der Waals surface area (Å²) in [6.45, 7) is 0. The Labute approximate surface area is 607 Å². The van der Waals surface area contributed by atoms with Crippen molar-refractivity contribution >= 4 is 130 Å². The lowest BCUT2D eigenvalue weighted by atomic mass is 9.96. The molecule has 18 aromatic carbocycles. The molecular weight excluding hydrogens is 1290 g/mol. The van der Waals surface area contributed by atoms with Crippen molar-refractivity contribution in [2.75, 3.05) is 0 Å². The van der Waals surface area contributed by atoms with Crippen LogP contribution in [0.25, 0.3) is 221 Å². The van der Waals surface area contributed by atoms with Gasteiger partial charge in [-0.3, -0.25) is 0 Å². The predicted octanol–water partition coefficient (Wildman–Crippen LogP) is 26.1. The quantitative estimate of drug-likeness (QED) is 0.139. The molecule has 0 saturated heterocycles. The minimum atomic E-state index is 0.625. The molecule has 0 fully saturated rings. The molecule has 0 bridgehead atoms. The van der Waals surface area contributed by atoms with E-state index < -0.39 is 0 Å². The fourth-order valence-corrected chi connectivity index (χ4v) is 15.7. The summed E-state index contributed by atoms with van der Waals surface area (Å²) >= 11 is 0. The number of hydrogen-bond donors (Lipinski definition) is 0. The first-order chi connectivity index (χ1) is 52.4. The minimum absolute atomic E-state index is 0.625. The van der Waals surface area contributed by atoms with Gasteiger partial charge in [0, 0.05) is 54.9 Å². The maximum Gasteiger partial charge on any atom is 0.164 e. The van der Waals surface area contributed by atoms with Gasteiger partial charge in [0.15, 0.2) is 34.9 Å². The second-order valence-corrected chi connectivity index (χ2v) is 27.3. The number of benzene rings is 18. The smallest absolute Gasteiger partial charge is 0.164 e. The van der Waals surface area contributed by atoms with E-state index in [-0.39, 0.29) is 0 Å². The zero-order valence-corrected chi connectivity index (χ0v) is 57.0. The Morgan fingerprint density at radius 2 is 0.472 bits per heavy atom. The average molecular weight is 1350 g/mol. The van der Waals surface area contributed by atoms with E-state index in [9.17, 15) is 0 Å². The van der Waals surface area contributed by atoms with Crippen LogP contribution in [0.2, 0.25) is 0 Å². The molecule has 0 N–H and O–H groups in total. The van der Waals surface area contributed by atoms with Gasteiger partial charge in [0.1, 0.15) is 22.3 Å². The summed E-state index contributed by atoms with van der Waals surface area (Å²) in [7, 11) is 0. The molecule has 0 aliphatic carbocycles. The van der Waals surface area contributed by atoms with E-state index in [2.05, 4.69) is 346 Å². The molecule has 0 aliphatic rings. The first-order valence-electron chi connectivity index (χ1n) is 35.7. The zero-order valence-electron chi connectivity index (χ0n) is 57.0. The molecule has 492 valence electrons. The Morgan fingerprint density at radius 1 is 0.151 bits per heavy atom. The maximum absolute atomic E-state index is 6.38. The summed E-state index contributed by atoms with van der Waals surface area (Å²) in [6.07, 6.45) is 0. The Balaban J connectivity index is 0.000000136. The van der Waals surface area contributed by atoms with E-state index >= 15 is 0 Å². The summed E-state index contributed by atoms with van der Waals surface area (Å²) in [6, 6.07) is 123. The zero-order chi connectivity index (χ0) is 69.8. The molecule has 0 unspecified atom stereocenters. The van der Waals surface area contributed by atoms with Crippen LogP contribution >= 0.6 is 0 Å². The van der Waals surface area contributed by atoms with E-state index in [1.807, 2.05) is 6.07 Å². The van der Waals surface area contributed by atoms with Gasteiger partial charge in [-0.1, -0.05) is 291 Å². The van der Waals surface area contributed by atoms with Crippen LogP contribution in [0.5, 0.6) is 0 Å². The van der Waals surface area contributed by atoms with Crippen molar-refractivity contribution in [3.63, 3.8) is 0 Å². The molecule has 0 radical (unpaired) electrons. The van der Waals surface area contributed by atoms with Crippen molar-refractivity contribution in [2.24, 2.45) is 0 Å². The molecule has 0 atom stereocenters. The van der Waals surface area contributed by atoms with Gasteiger partial charge in [-0.05, 0) is 169 Å². The van der Waals surface area contributed by atoms with E-state index in [4.69, 9.17) is 38.7 Å². The van der Waals surface area contributed by atoms with Gasteiger partial charge in [-0.15, -0.1) is 0 Å². The second kappa shape index (κ2) is 24.7. The average Bonchev–Trinajstić information content (AvgIpc) is 1.29. The lowest BCUT2D eigenvalue weighted by molar-refractivity contribution is 0.669. The van der Waals surface area contributed by atoms with Crippen LogP contribution in [0.3, 0.4) is 0 Å². The molecule has 22 aromatic rings. The number of furan rings is 2. The number of rotatable bonds is 8. The molecule has 4 aromatic heterocycles. The van der Waals surface area contributed by atoms with E-state index in [1.54, 1.807) is 0 Å². The standard InChI is InChI=1S/2C49H29N3O/c1-2-11-33-26-37(25-20-30(33)10-1)48-50-47(51-49(52-48)42-28-36-14-5-6-15-38(36)40-16-7-8-17-41(40)42)32-23-21-31(22-24-32)39-18-9-19-44-46(39)43-27-34-12-3-4-13-35(34)29-45(43)53-44;1-2-10-35-26-38(24-16-30(35)8-1)48-50-47(51-49(52-48)39-25-21-33-18-17-31-9-5-6-13-40(31)42(33)28-39)34-22-19-32(20-23-34)41-14-7-15-44-46(41)43-27-36-11-3-4-12-37(36)29-45(43)53-44/h2*1-29H. The molecule has 0 aliphatic heterocycles. The highest BCUT2D eigenvalue weighted by molar-refractivity contribution is 6.18. The Hall–Kier alpha value is -14.3. The third-order valence-electron chi connectivity index (χ3n) is 20.9. The number of hydrogen-bond acceptors (Lipinski definition) is 8. The van der Waals surface area contributed by atoms with Crippen molar-refractivity contribution < 1.29 is 8.83 Å².